The van der Waals surface area contributed by atoms with Crippen molar-refractivity contribution in [3.05, 3.63) is 58.7 Å². The number of hydrogen-bond acceptors (Lipinski definition) is 6. The van der Waals surface area contributed by atoms with Crippen molar-refractivity contribution in [3.8, 4) is 11.4 Å². The molecule has 0 saturated heterocycles. The van der Waals surface area contributed by atoms with Crippen LogP contribution in [0, 0.1) is 0 Å². The molecule has 1 atom stereocenters. The van der Waals surface area contributed by atoms with E-state index in [4.69, 9.17) is 23.2 Å². The maximum absolute atomic E-state index is 9.28. The van der Waals surface area contributed by atoms with Crippen molar-refractivity contribution in [1.29, 1.82) is 0 Å². The molecule has 0 aliphatic carbocycles. The number of aliphatic hydroxyl groups is 1. The summed E-state index contributed by atoms with van der Waals surface area (Å²) in [5.41, 5.74) is 1.88. The van der Waals surface area contributed by atoms with E-state index in [-0.39, 0.29) is 12.6 Å². The highest BCUT2D eigenvalue weighted by Gasteiger charge is 2.12. The van der Waals surface area contributed by atoms with E-state index in [9.17, 15) is 5.11 Å². The monoisotopic (exact) mass is 389 g/mol. The normalized spacial score (nSPS) is 11.8. The van der Waals surface area contributed by atoms with Gasteiger partial charge >= 0.3 is 0 Å². The van der Waals surface area contributed by atoms with Crippen LogP contribution in [-0.2, 0) is 0 Å². The third-order valence-electron chi connectivity index (χ3n) is 3.52. The van der Waals surface area contributed by atoms with E-state index in [0.29, 0.717) is 38.9 Å². The summed E-state index contributed by atoms with van der Waals surface area (Å²) in [6.45, 7) is 1.78. The van der Waals surface area contributed by atoms with E-state index in [1.54, 1.807) is 30.5 Å². The number of aromatic nitrogens is 3. The topological polar surface area (TPSA) is 83.0 Å². The lowest BCUT2D eigenvalue weighted by atomic mass is 10.2. The van der Waals surface area contributed by atoms with Crippen LogP contribution in [0.15, 0.2) is 48.7 Å². The molecular formula is C18H17Cl2N5O. The van der Waals surface area contributed by atoms with Crippen LogP contribution >= 0.6 is 23.2 Å². The average molecular weight is 390 g/mol. The summed E-state index contributed by atoms with van der Waals surface area (Å²) in [4.78, 5) is 13.2. The Kier molecular flexibility index (Phi) is 5.88. The molecule has 0 amide bonds. The Labute approximate surface area is 161 Å². The molecule has 6 nitrogen and oxygen atoms in total. The molecule has 1 aromatic carbocycles. The van der Waals surface area contributed by atoms with Crippen molar-refractivity contribution in [3.63, 3.8) is 0 Å². The first-order valence-electron chi connectivity index (χ1n) is 7.95. The lowest BCUT2D eigenvalue weighted by Gasteiger charge is -2.15. The van der Waals surface area contributed by atoms with Gasteiger partial charge in [0, 0.05) is 18.3 Å². The summed E-state index contributed by atoms with van der Waals surface area (Å²) in [5.74, 6) is 0.865. The molecule has 2 aromatic heterocycles. The number of aliphatic hydroxyl groups excluding tert-OH is 1. The zero-order valence-corrected chi connectivity index (χ0v) is 15.5. The van der Waals surface area contributed by atoms with Crippen molar-refractivity contribution >= 4 is 40.7 Å². The number of halogens is 2. The second kappa shape index (κ2) is 8.31. The van der Waals surface area contributed by atoms with Gasteiger partial charge in [-0.25, -0.2) is 4.98 Å². The molecule has 3 rings (SSSR count). The van der Waals surface area contributed by atoms with Crippen molar-refractivity contribution in [2.24, 2.45) is 0 Å². The zero-order valence-electron chi connectivity index (χ0n) is 13.9. The van der Waals surface area contributed by atoms with E-state index in [2.05, 4.69) is 25.6 Å². The molecule has 0 unspecified atom stereocenters. The number of rotatable bonds is 6. The van der Waals surface area contributed by atoms with Gasteiger partial charge in [0.1, 0.15) is 5.82 Å². The fraction of sp³-hybridized carbons (Fsp3) is 0.167. The summed E-state index contributed by atoms with van der Waals surface area (Å²) in [6.07, 6.45) is 1.69. The Morgan fingerprint density at radius 3 is 2.46 bits per heavy atom. The quantitative estimate of drug-likeness (QED) is 0.579. The van der Waals surface area contributed by atoms with Crippen LogP contribution in [-0.4, -0.2) is 32.7 Å². The predicted molar refractivity (Wildman–Crippen MR) is 105 cm³/mol. The average Bonchev–Trinajstić information content (AvgIpc) is 2.65. The van der Waals surface area contributed by atoms with Gasteiger partial charge in [0.2, 0.25) is 5.95 Å². The van der Waals surface area contributed by atoms with Crippen LogP contribution in [0.25, 0.3) is 11.4 Å². The van der Waals surface area contributed by atoms with Gasteiger partial charge in [0.25, 0.3) is 0 Å². The summed E-state index contributed by atoms with van der Waals surface area (Å²) in [7, 11) is 0. The molecule has 134 valence electrons. The Hall–Kier alpha value is -2.41. The van der Waals surface area contributed by atoms with Crippen molar-refractivity contribution in [2.75, 3.05) is 17.2 Å². The number of anilines is 3. The molecule has 0 bridgehead atoms. The van der Waals surface area contributed by atoms with Crippen molar-refractivity contribution in [2.45, 2.75) is 13.0 Å². The fourth-order valence-corrected chi connectivity index (χ4v) is 2.72. The van der Waals surface area contributed by atoms with Crippen LogP contribution < -0.4 is 10.6 Å². The molecule has 0 aliphatic heterocycles. The molecule has 0 spiro atoms. The Balaban J connectivity index is 2.02. The van der Waals surface area contributed by atoms with Gasteiger partial charge in [-0.3, -0.25) is 4.98 Å². The summed E-state index contributed by atoms with van der Waals surface area (Å²) in [5, 5.41) is 16.4. The van der Waals surface area contributed by atoms with Crippen molar-refractivity contribution in [1.82, 2.24) is 15.0 Å². The highest BCUT2D eigenvalue weighted by molar-refractivity contribution is 6.39. The van der Waals surface area contributed by atoms with Crippen LogP contribution in [0.1, 0.15) is 6.92 Å². The van der Waals surface area contributed by atoms with Gasteiger partial charge in [-0.15, -0.1) is 0 Å². The minimum atomic E-state index is -0.203. The third-order valence-corrected chi connectivity index (χ3v) is 4.15. The first kappa shape index (κ1) is 18.4. The van der Waals surface area contributed by atoms with Gasteiger partial charge in [-0.1, -0.05) is 35.3 Å². The van der Waals surface area contributed by atoms with Gasteiger partial charge in [-0.05, 0) is 31.2 Å². The molecule has 0 saturated carbocycles. The van der Waals surface area contributed by atoms with E-state index in [1.807, 2.05) is 25.1 Å². The first-order valence-corrected chi connectivity index (χ1v) is 8.71. The number of nitrogens with zero attached hydrogens (tertiary/aromatic N) is 3. The van der Waals surface area contributed by atoms with Crippen LogP contribution in [0.5, 0.6) is 0 Å². The molecule has 8 heteroatoms. The largest absolute Gasteiger partial charge is 0.394 e. The van der Waals surface area contributed by atoms with Crippen LogP contribution in [0.4, 0.5) is 17.5 Å². The number of benzene rings is 1. The smallest absolute Gasteiger partial charge is 0.225 e. The van der Waals surface area contributed by atoms with E-state index in [1.165, 1.54) is 0 Å². The lowest BCUT2D eigenvalue weighted by molar-refractivity contribution is 0.281. The van der Waals surface area contributed by atoms with Crippen LogP contribution in [0.2, 0.25) is 10.0 Å². The summed E-state index contributed by atoms with van der Waals surface area (Å²) >= 11 is 12.5. The zero-order chi connectivity index (χ0) is 18.5. The van der Waals surface area contributed by atoms with Crippen LogP contribution in [0.3, 0.4) is 0 Å². The number of pyridine rings is 1. The molecule has 3 aromatic rings. The van der Waals surface area contributed by atoms with Gasteiger partial charge in [-0.2, -0.15) is 4.98 Å². The maximum atomic E-state index is 9.28. The highest BCUT2D eigenvalue weighted by Crippen LogP contribution is 2.33. The maximum Gasteiger partial charge on any atom is 0.225 e. The number of hydrogen-bond donors (Lipinski definition) is 3. The number of para-hydroxylation sites is 1. The molecule has 0 aliphatic rings. The van der Waals surface area contributed by atoms with Gasteiger partial charge < -0.3 is 15.7 Å². The molecule has 3 N–H and O–H groups in total. The minimum absolute atomic E-state index is 0.0454. The SMILES string of the molecule is C[C@H](CO)Nc1nc(Nc2c(Cl)cccc2Cl)cc(-c2ccccn2)n1. The van der Waals surface area contributed by atoms with Crippen molar-refractivity contribution < 1.29 is 5.11 Å². The highest BCUT2D eigenvalue weighted by atomic mass is 35.5. The lowest BCUT2D eigenvalue weighted by Crippen LogP contribution is -2.21. The second-order valence-electron chi connectivity index (χ2n) is 5.63. The molecule has 26 heavy (non-hydrogen) atoms. The van der Waals surface area contributed by atoms with E-state index < -0.39 is 0 Å². The molecule has 0 fully saturated rings. The Morgan fingerprint density at radius 1 is 1.04 bits per heavy atom. The summed E-state index contributed by atoms with van der Waals surface area (Å²) in [6, 6.07) is 12.4. The minimum Gasteiger partial charge on any atom is -0.394 e. The Bertz CT molecular complexity index is 872. The summed E-state index contributed by atoms with van der Waals surface area (Å²) < 4.78 is 0. The van der Waals surface area contributed by atoms with Gasteiger partial charge in [0.15, 0.2) is 0 Å². The third kappa shape index (κ3) is 4.40. The molecule has 2 heterocycles. The Morgan fingerprint density at radius 2 is 1.81 bits per heavy atom. The predicted octanol–water partition coefficient (Wildman–Crippen LogP) is 4.38. The van der Waals surface area contributed by atoms with E-state index in [0.717, 1.165) is 0 Å². The standard InChI is InChI=1S/C18H17Cl2N5O/c1-11(10-26)22-18-23-15(14-7-2-3-8-21-14)9-16(25-18)24-17-12(19)5-4-6-13(17)20/h2-9,11,26H,10H2,1H3,(H2,22,23,24,25)/t11-/m1/s1. The fourth-order valence-electron chi connectivity index (χ4n) is 2.23. The number of nitrogens with one attached hydrogen (secondary N) is 2. The molecule has 0 radical (unpaired) electrons. The molecular weight excluding hydrogens is 373 g/mol. The first-order chi connectivity index (χ1) is 12.6. The van der Waals surface area contributed by atoms with Gasteiger partial charge in [0.05, 0.1) is 33.7 Å². The second-order valence-corrected chi connectivity index (χ2v) is 6.44. The van der Waals surface area contributed by atoms with E-state index >= 15 is 0 Å².